The van der Waals surface area contributed by atoms with Gasteiger partial charge in [-0.3, -0.25) is 9.59 Å². The molecule has 0 aliphatic rings. The van der Waals surface area contributed by atoms with E-state index in [1.165, 1.54) is 0 Å². The molecule has 0 radical (unpaired) electrons. The van der Waals surface area contributed by atoms with Crippen LogP contribution in [0.4, 0.5) is 0 Å². The van der Waals surface area contributed by atoms with Gasteiger partial charge in [0, 0.05) is 16.5 Å². The molecule has 0 unspecified atom stereocenters. The van der Waals surface area contributed by atoms with Crippen LogP contribution in [0.3, 0.4) is 0 Å². The third-order valence-electron chi connectivity index (χ3n) is 3.36. The molecule has 20 heavy (non-hydrogen) atoms. The molecule has 1 aromatic rings. The van der Waals surface area contributed by atoms with Crippen molar-refractivity contribution in [2.24, 2.45) is 5.41 Å². The summed E-state index contributed by atoms with van der Waals surface area (Å²) in [6.45, 7) is 3.16. The van der Waals surface area contributed by atoms with Gasteiger partial charge in [-0.05, 0) is 18.9 Å². The van der Waals surface area contributed by atoms with Crippen LogP contribution < -0.4 is 0 Å². The van der Waals surface area contributed by atoms with Crippen LogP contribution >= 0.6 is 0 Å². The van der Waals surface area contributed by atoms with Crippen LogP contribution in [-0.2, 0) is 0 Å². The Labute approximate surface area is 118 Å². The van der Waals surface area contributed by atoms with Crippen LogP contribution in [0.25, 0.3) is 0 Å². The van der Waals surface area contributed by atoms with Crippen LogP contribution in [0.5, 0.6) is 0 Å². The van der Waals surface area contributed by atoms with E-state index in [4.69, 9.17) is 15.3 Å². The van der Waals surface area contributed by atoms with Gasteiger partial charge in [0.25, 0.3) is 0 Å². The molecule has 5 nitrogen and oxygen atoms in total. The predicted molar refractivity (Wildman–Crippen MR) is 75.9 cm³/mol. The number of carbonyl (C=O) groups excluding carboxylic acids is 2. The average Bonchev–Trinajstić information content (AvgIpc) is 2.50. The Kier molecular flexibility index (Phi) is 8.63. The summed E-state index contributed by atoms with van der Waals surface area (Å²) >= 11 is 0. The predicted octanol–water partition coefficient (Wildman–Crippen LogP) is 0.980. The summed E-state index contributed by atoms with van der Waals surface area (Å²) in [5, 5.41) is 26.0. The van der Waals surface area contributed by atoms with E-state index in [1.807, 2.05) is 6.92 Å². The van der Waals surface area contributed by atoms with E-state index in [1.54, 1.807) is 25.1 Å². The van der Waals surface area contributed by atoms with Gasteiger partial charge in [0.15, 0.2) is 12.6 Å². The van der Waals surface area contributed by atoms with Crippen molar-refractivity contribution in [2.75, 3.05) is 19.8 Å². The lowest BCUT2D eigenvalue weighted by molar-refractivity contribution is 0.00304. The Morgan fingerprint density at radius 2 is 1.60 bits per heavy atom. The summed E-state index contributed by atoms with van der Waals surface area (Å²) in [4.78, 5) is 20.8. The number of aliphatic hydroxyl groups excluding tert-OH is 3. The fourth-order valence-electron chi connectivity index (χ4n) is 1.45. The van der Waals surface area contributed by atoms with Crippen LogP contribution in [0, 0.1) is 12.3 Å². The Bertz CT molecular complexity index is 407. The third-order valence-corrected chi connectivity index (χ3v) is 3.36. The Morgan fingerprint density at radius 1 is 1.05 bits per heavy atom. The van der Waals surface area contributed by atoms with E-state index in [0.717, 1.165) is 5.56 Å². The van der Waals surface area contributed by atoms with Gasteiger partial charge in [-0.25, -0.2) is 0 Å². The van der Waals surface area contributed by atoms with E-state index in [2.05, 4.69) is 0 Å². The zero-order valence-electron chi connectivity index (χ0n) is 11.9. The lowest BCUT2D eigenvalue weighted by atomic mass is 9.88. The van der Waals surface area contributed by atoms with E-state index in [-0.39, 0.29) is 19.8 Å². The molecule has 0 amide bonds. The minimum atomic E-state index is -0.667. The normalized spacial score (nSPS) is 10.4. The van der Waals surface area contributed by atoms with Crippen molar-refractivity contribution in [3.63, 3.8) is 0 Å². The Morgan fingerprint density at radius 3 is 1.85 bits per heavy atom. The summed E-state index contributed by atoms with van der Waals surface area (Å²) in [5.41, 5.74) is 1.12. The first kappa shape index (κ1) is 18.4. The summed E-state index contributed by atoms with van der Waals surface area (Å²) in [7, 11) is 0. The minimum absolute atomic E-state index is 0.156. The second-order valence-corrected chi connectivity index (χ2v) is 4.64. The topological polar surface area (TPSA) is 94.8 Å². The first-order chi connectivity index (χ1) is 9.53. The average molecular weight is 282 g/mol. The van der Waals surface area contributed by atoms with Crippen molar-refractivity contribution in [3.05, 3.63) is 34.9 Å². The molecule has 1 rings (SSSR count). The number of benzene rings is 1. The van der Waals surface area contributed by atoms with Crippen LogP contribution in [0.1, 0.15) is 39.6 Å². The summed E-state index contributed by atoms with van der Waals surface area (Å²) in [6.07, 6.45) is 1.99. The van der Waals surface area contributed by atoms with E-state index in [0.29, 0.717) is 30.1 Å². The molecule has 0 aliphatic carbocycles. The highest BCUT2D eigenvalue weighted by Gasteiger charge is 2.24. The molecular weight excluding hydrogens is 260 g/mol. The number of rotatable bonds is 6. The molecule has 0 heterocycles. The number of carbonyl (C=O) groups is 2. The standard InChI is InChI=1S/C9H8O2.C6H14O3/c1-7-3-2-4-8(5-10)9(7)6-11;1-2-6(3-7,4-8)5-9/h2-6H,1H3;7-9H,2-5H2,1H3. The molecule has 0 aromatic heterocycles. The molecule has 5 heteroatoms. The van der Waals surface area contributed by atoms with Crippen molar-refractivity contribution in [1.82, 2.24) is 0 Å². The highest BCUT2D eigenvalue weighted by atomic mass is 16.3. The van der Waals surface area contributed by atoms with Crippen molar-refractivity contribution >= 4 is 12.6 Å². The van der Waals surface area contributed by atoms with E-state index < -0.39 is 5.41 Å². The van der Waals surface area contributed by atoms with Crippen molar-refractivity contribution < 1.29 is 24.9 Å². The lowest BCUT2D eigenvalue weighted by Crippen LogP contribution is -2.32. The zero-order valence-corrected chi connectivity index (χ0v) is 11.9. The SMILES string of the molecule is CCC(CO)(CO)CO.Cc1cccc(C=O)c1C=O. The number of aliphatic hydroxyl groups is 3. The van der Waals surface area contributed by atoms with Gasteiger partial charge in [0.1, 0.15) is 0 Å². The largest absolute Gasteiger partial charge is 0.396 e. The summed E-state index contributed by atoms with van der Waals surface area (Å²) in [5.74, 6) is 0. The second kappa shape index (κ2) is 9.36. The number of aldehydes is 2. The fraction of sp³-hybridized carbons (Fsp3) is 0.467. The van der Waals surface area contributed by atoms with Gasteiger partial charge in [0.05, 0.1) is 19.8 Å². The van der Waals surface area contributed by atoms with Gasteiger partial charge in [0.2, 0.25) is 0 Å². The highest BCUT2D eigenvalue weighted by Crippen LogP contribution is 2.18. The summed E-state index contributed by atoms with van der Waals surface area (Å²) < 4.78 is 0. The van der Waals surface area contributed by atoms with Gasteiger partial charge < -0.3 is 15.3 Å². The van der Waals surface area contributed by atoms with Crippen LogP contribution in [0.2, 0.25) is 0 Å². The third kappa shape index (κ3) is 4.85. The molecular formula is C15H22O5. The number of hydrogen-bond acceptors (Lipinski definition) is 5. The number of hydrogen-bond donors (Lipinski definition) is 3. The van der Waals surface area contributed by atoms with Crippen molar-refractivity contribution in [2.45, 2.75) is 20.3 Å². The molecule has 1 aromatic carbocycles. The molecule has 0 saturated carbocycles. The molecule has 0 spiro atoms. The summed E-state index contributed by atoms with van der Waals surface area (Å²) in [6, 6.07) is 5.19. The second-order valence-electron chi connectivity index (χ2n) is 4.64. The van der Waals surface area contributed by atoms with E-state index >= 15 is 0 Å². The first-order valence-corrected chi connectivity index (χ1v) is 6.36. The molecule has 112 valence electrons. The smallest absolute Gasteiger partial charge is 0.151 e. The molecule has 0 bridgehead atoms. The van der Waals surface area contributed by atoms with E-state index in [9.17, 15) is 9.59 Å². The van der Waals surface area contributed by atoms with Crippen molar-refractivity contribution in [1.29, 1.82) is 0 Å². The maximum Gasteiger partial charge on any atom is 0.151 e. The van der Waals surface area contributed by atoms with Crippen LogP contribution in [-0.4, -0.2) is 47.7 Å². The van der Waals surface area contributed by atoms with Gasteiger partial charge in [-0.15, -0.1) is 0 Å². The molecule has 0 atom stereocenters. The maximum absolute atomic E-state index is 10.4. The van der Waals surface area contributed by atoms with Crippen LogP contribution in [0.15, 0.2) is 18.2 Å². The maximum atomic E-state index is 10.4. The fourth-order valence-corrected chi connectivity index (χ4v) is 1.45. The van der Waals surface area contributed by atoms with Gasteiger partial charge >= 0.3 is 0 Å². The Hall–Kier alpha value is -1.56. The molecule has 0 fully saturated rings. The number of aryl methyl sites for hydroxylation is 1. The monoisotopic (exact) mass is 282 g/mol. The Balaban J connectivity index is 0.000000370. The van der Waals surface area contributed by atoms with Gasteiger partial charge in [-0.1, -0.05) is 25.1 Å². The van der Waals surface area contributed by atoms with Crippen molar-refractivity contribution in [3.8, 4) is 0 Å². The quantitative estimate of drug-likeness (QED) is 0.676. The zero-order chi connectivity index (χ0) is 15.6. The molecule has 0 aliphatic heterocycles. The molecule has 3 N–H and O–H groups in total. The lowest BCUT2D eigenvalue weighted by Gasteiger charge is -2.24. The first-order valence-electron chi connectivity index (χ1n) is 6.36. The minimum Gasteiger partial charge on any atom is -0.396 e. The highest BCUT2D eigenvalue weighted by molar-refractivity contribution is 5.91. The molecule has 0 saturated heterocycles. The van der Waals surface area contributed by atoms with Gasteiger partial charge in [-0.2, -0.15) is 0 Å².